The summed E-state index contributed by atoms with van der Waals surface area (Å²) < 4.78 is 20.4. The Bertz CT molecular complexity index is 615. The Hall–Kier alpha value is -1.33. The summed E-state index contributed by atoms with van der Waals surface area (Å²) >= 11 is 0. The molecule has 1 aromatic rings. The molecule has 1 saturated heterocycles. The predicted molar refractivity (Wildman–Crippen MR) is 62.4 cm³/mol. The summed E-state index contributed by atoms with van der Waals surface area (Å²) in [4.78, 5) is 35.8. The molecule has 4 N–H and O–H groups in total. The van der Waals surface area contributed by atoms with Crippen LogP contribution in [-0.4, -0.2) is 44.7 Å². The van der Waals surface area contributed by atoms with Crippen LogP contribution in [0, 0.1) is 0 Å². The first-order valence-electron chi connectivity index (χ1n) is 5.72. The Morgan fingerprint density at radius 3 is 2.71 bits per heavy atom. The van der Waals surface area contributed by atoms with Gasteiger partial charge in [-0.3, -0.25) is 4.57 Å². The van der Waals surface area contributed by atoms with Crippen LogP contribution in [0.2, 0.25) is 0 Å². The van der Waals surface area contributed by atoms with Crippen LogP contribution in [0.4, 0.5) is 5.82 Å². The lowest BCUT2D eigenvalue weighted by atomic mass is 10.1. The lowest BCUT2D eigenvalue weighted by Crippen LogP contribution is -2.36. The van der Waals surface area contributed by atoms with Gasteiger partial charge in [-0.15, -0.1) is 0 Å². The molecule has 11 nitrogen and oxygen atoms in total. The second-order valence-corrected chi connectivity index (χ2v) is 5.48. The lowest BCUT2D eigenvalue weighted by Gasteiger charge is -2.30. The van der Waals surface area contributed by atoms with Crippen LogP contribution < -0.4 is 21.2 Å². The van der Waals surface area contributed by atoms with Crippen molar-refractivity contribution in [1.29, 1.82) is 0 Å². The van der Waals surface area contributed by atoms with Gasteiger partial charge in [0.15, 0.2) is 6.23 Å². The summed E-state index contributed by atoms with van der Waals surface area (Å²) in [5, 5.41) is 19.6. The van der Waals surface area contributed by atoms with E-state index < -0.39 is 44.7 Å². The third-order valence-electron chi connectivity index (χ3n) is 2.86. The molecule has 0 bridgehead atoms. The first kappa shape index (κ1) is 16.0. The summed E-state index contributed by atoms with van der Waals surface area (Å²) in [5.74, 6) is -0.0391. The molecule has 1 aliphatic rings. The number of hydrogen-bond donors (Lipinski definition) is 3. The quantitative estimate of drug-likeness (QED) is 0.466. The van der Waals surface area contributed by atoms with Gasteiger partial charge >= 0.3 is 5.69 Å². The molecule has 12 heteroatoms. The fourth-order valence-corrected chi connectivity index (χ4v) is 2.21. The van der Waals surface area contributed by atoms with Crippen molar-refractivity contribution in [3.8, 4) is 0 Å². The molecule has 0 saturated carbocycles. The lowest BCUT2D eigenvalue weighted by molar-refractivity contribution is -0.343. The van der Waals surface area contributed by atoms with Crippen LogP contribution in [0.25, 0.3) is 0 Å². The number of rotatable bonds is 4. The standard InChI is InChI=1S/C9H14N3O8P/c10-5-1-2-12(9(15)11-5)8-7(14)6(13)4(20-8)3-19-21(16,17)18/h1-2,4,6-8,13-14H,3H2,(H2,10,11,15)(H2,16,17,18)/p-2/t4-,6-,7-,8-/m0/s1. The highest BCUT2D eigenvalue weighted by molar-refractivity contribution is 7.43. The zero-order valence-electron chi connectivity index (χ0n) is 10.4. The van der Waals surface area contributed by atoms with Crippen molar-refractivity contribution >= 4 is 13.6 Å². The van der Waals surface area contributed by atoms with E-state index in [9.17, 15) is 29.4 Å². The number of phosphoric acid groups is 1. The molecule has 2 rings (SSSR count). The molecule has 0 aromatic carbocycles. The Labute approximate surface area is 117 Å². The highest BCUT2D eigenvalue weighted by atomic mass is 31.2. The van der Waals surface area contributed by atoms with Gasteiger partial charge in [0, 0.05) is 6.20 Å². The highest BCUT2D eigenvalue weighted by Crippen LogP contribution is 2.32. The van der Waals surface area contributed by atoms with E-state index in [0.717, 1.165) is 4.57 Å². The molecule has 0 unspecified atom stereocenters. The van der Waals surface area contributed by atoms with Gasteiger partial charge in [-0.2, -0.15) is 4.98 Å². The molecular weight excluding hydrogens is 309 g/mol. The fourth-order valence-electron chi connectivity index (χ4n) is 1.88. The minimum Gasteiger partial charge on any atom is -0.790 e. The summed E-state index contributed by atoms with van der Waals surface area (Å²) in [6, 6.07) is 1.27. The second-order valence-electron chi connectivity index (χ2n) is 4.33. The van der Waals surface area contributed by atoms with Crippen LogP contribution >= 0.6 is 7.82 Å². The number of nitrogens with two attached hydrogens (primary N) is 1. The molecule has 1 aromatic heterocycles. The minimum absolute atomic E-state index is 0.0391. The van der Waals surface area contributed by atoms with E-state index in [2.05, 4.69) is 9.51 Å². The number of aliphatic hydroxyl groups is 2. The Morgan fingerprint density at radius 1 is 1.48 bits per heavy atom. The van der Waals surface area contributed by atoms with E-state index in [1.165, 1.54) is 12.3 Å². The van der Waals surface area contributed by atoms with E-state index >= 15 is 0 Å². The predicted octanol–water partition coefficient (Wildman–Crippen LogP) is -3.71. The van der Waals surface area contributed by atoms with Gasteiger partial charge < -0.3 is 39.6 Å². The number of aromatic nitrogens is 2. The molecular formula is C9H12N3O8P-2. The number of ether oxygens (including phenoxy) is 1. The molecule has 2 heterocycles. The maximum atomic E-state index is 11.6. The van der Waals surface area contributed by atoms with Crippen molar-refractivity contribution in [3.05, 3.63) is 22.7 Å². The van der Waals surface area contributed by atoms with Crippen LogP contribution in [0.3, 0.4) is 0 Å². The normalized spacial score (nSPS) is 29.7. The van der Waals surface area contributed by atoms with Crippen molar-refractivity contribution in [2.75, 3.05) is 12.3 Å². The Kier molecular flexibility index (Phi) is 4.44. The molecule has 4 atom stereocenters. The van der Waals surface area contributed by atoms with Crippen molar-refractivity contribution < 1.29 is 33.8 Å². The molecule has 21 heavy (non-hydrogen) atoms. The monoisotopic (exact) mass is 321 g/mol. The van der Waals surface area contributed by atoms with Gasteiger partial charge in [-0.05, 0) is 6.07 Å². The average molecular weight is 321 g/mol. The number of nitrogens with zero attached hydrogens (tertiary/aromatic N) is 2. The minimum atomic E-state index is -5.24. The van der Waals surface area contributed by atoms with Gasteiger partial charge in [0.1, 0.15) is 24.1 Å². The second kappa shape index (κ2) is 5.81. The summed E-state index contributed by atoms with van der Waals surface area (Å²) in [7, 11) is -5.24. The topological polar surface area (TPSA) is 183 Å². The van der Waals surface area contributed by atoms with E-state index in [1.54, 1.807) is 0 Å². The number of phosphoric ester groups is 1. The maximum absolute atomic E-state index is 11.6. The molecule has 0 amide bonds. The first-order chi connectivity index (χ1) is 9.69. The SMILES string of the molecule is Nc1ccn([C@H]2O[C@@H](COP(=O)([O-])[O-])[C@H](O)[C@@H]2O)c(=O)n1. The Morgan fingerprint density at radius 2 is 2.14 bits per heavy atom. The summed E-state index contributed by atoms with van der Waals surface area (Å²) in [6.07, 6.45) is -4.51. The van der Waals surface area contributed by atoms with Crippen LogP contribution in [0.5, 0.6) is 0 Å². The van der Waals surface area contributed by atoms with Crippen molar-refractivity contribution in [2.45, 2.75) is 24.5 Å². The summed E-state index contributed by atoms with van der Waals surface area (Å²) in [6.45, 7) is -0.782. The zero-order chi connectivity index (χ0) is 15.8. The van der Waals surface area contributed by atoms with E-state index in [0.29, 0.717) is 0 Å². The first-order valence-corrected chi connectivity index (χ1v) is 7.18. The van der Waals surface area contributed by atoms with Crippen LogP contribution in [0.15, 0.2) is 17.1 Å². The van der Waals surface area contributed by atoms with Gasteiger partial charge in [0.05, 0.1) is 14.4 Å². The smallest absolute Gasteiger partial charge is 0.351 e. The molecule has 0 aliphatic carbocycles. The molecule has 0 spiro atoms. The number of hydrogen-bond acceptors (Lipinski definition) is 10. The fraction of sp³-hybridized carbons (Fsp3) is 0.556. The third-order valence-corrected chi connectivity index (χ3v) is 3.33. The number of nitrogen functional groups attached to an aromatic ring is 1. The Balaban J connectivity index is 2.16. The maximum Gasteiger partial charge on any atom is 0.351 e. The highest BCUT2D eigenvalue weighted by Gasteiger charge is 2.44. The van der Waals surface area contributed by atoms with Crippen molar-refractivity contribution in [2.24, 2.45) is 0 Å². The molecule has 118 valence electrons. The van der Waals surface area contributed by atoms with Crippen molar-refractivity contribution in [3.63, 3.8) is 0 Å². The largest absolute Gasteiger partial charge is 0.790 e. The summed E-state index contributed by atoms with van der Waals surface area (Å²) in [5.41, 5.74) is 4.49. The molecule has 1 aliphatic heterocycles. The van der Waals surface area contributed by atoms with E-state index in [1.807, 2.05) is 0 Å². The van der Waals surface area contributed by atoms with E-state index in [-0.39, 0.29) is 5.82 Å². The van der Waals surface area contributed by atoms with Crippen LogP contribution in [-0.2, 0) is 13.8 Å². The van der Waals surface area contributed by atoms with E-state index in [4.69, 9.17) is 10.5 Å². The molecule has 1 fully saturated rings. The van der Waals surface area contributed by atoms with Crippen molar-refractivity contribution in [1.82, 2.24) is 9.55 Å². The number of anilines is 1. The molecule has 0 radical (unpaired) electrons. The average Bonchev–Trinajstić information content (AvgIpc) is 2.64. The van der Waals surface area contributed by atoms with Gasteiger partial charge in [-0.25, -0.2) is 4.79 Å². The zero-order valence-corrected chi connectivity index (χ0v) is 11.3. The van der Waals surface area contributed by atoms with Gasteiger partial charge in [-0.1, -0.05) is 0 Å². The van der Waals surface area contributed by atoms with Gasteiger partial charge in [0.2, 0.25) is 0 Å². The van der Waals surface area contributed by atoms with Crippen LogP contribution in [0.1, 0.15) is 6.23 Å². The van der Waals surface area contributed by atoms with Gasteiger partial charge in [0.25, 0.3) is 0 Å². The number of aliphatic hydroxyl groups excluding tert-OH is 2. The third kappa shape index (κ3) is 3.66.